The molecule has 0 bridgehead atoms. The van der Waals surface area contributed by atoms with E-state index >= 15 is 0 Å². The van der Waals surface area contributed by atoms with Gasteiger partial charge in [0, 0.05) is 11.4 Å². The third-order valence-corrected chi connectivity index (χ3v) is 5.43. The number of aromatic nitrogens is 2. The molecule has 2 aliphatic carbocycles. The molecule has 0 saturated heterocycles. The monoisotopic (exact) mass is 397 g/mol. The maximum Gasteiger partial charge on any atom is 0.416 e. The lowest BCUT2D eigenvalue weighted by atomic mass is 9.82. The van der Waals surface area contributed by atoms with Crippen molar-refractivity contribution in [3.05, 3.63) is 39.8 Å². The molecule has 2 fully saturated rings. The van der Waals surface area contributed by atoms with Gasteiger partial charge in [0.25, 0.3) is 5.56 Å². The predicted molar refractivity (Wildman–Crippen MR) is 93.4 cm³/mol. The zero-order valence-corrected chi connectivity index (χ0v) is 15.1. The molecule has 0 aliphatic heterocycles. The third kappa shape index (κ3) is 3.38. The molecule has 28 heavy (non-hydrogen) atoms. The number of fused-ring (bicyclic) bond motifs is 1. The Morgan fingerprint density at radius 2 is 1.96 bits per heavy atom. The maximum atomic E-state index is 14.8. The summed E-state index contributed by atoms with van der Waals surface area (Å²) in [5.41, 5.74) is -3.76. The minimum absolute atomic E-state index is 0.0448. The fraction of sp³-hybridized carbons (Fsp3) is 0.526. The fourth-order valence-corrected chi connectivity index (χ4v) is 3.68. The SMILES string of the molecule is CC1CC(NC(=O)Cn2nc(C3(F)CC3)c3cc(C(F)(F)F)ccc3c2=O)C1. The first-order valence-corrected chi connectivity index (χ1v) is 9.18. The van der Waals surface area contributed by atoms with E-state index in [4.69, 9.17) is 0 Å². The van der Waals surface area contributed by atoms with Crippen LogP contribution in [0.5, 0.6) is 0 Å². The summed E-state index contributed by atoms with van der Waals surface area (Å²) in [6.07, 6.45) is -2.67. The highest BCUT2D eigenvalue weighted by molar-refractivity contribution is 5.86. The van der Waals surface area contributed by atoms with Crippen molar-refractivity contribution in [3.8, 4) is 0 Å². The topological polar surface area (TPSA) is 64.0 Å². The number of alkyl halides is 4. The summed E-state index contributed by atoms with van der Waals surface area (Å²) >= 11 is 0. The second-order valence-electron chi connectivity index (χ2n) is 7.88. The van der Waals surface area contributed by atoms with Crippen molar-refractivity contribution < 1.29 is 22.4 Å². The van der Waals surface area contributed by atoms with Gasteiger partial charge in [0.05, 0.1) is 10.9 Å². The Balaban J connectivity index is 1.73. The van der Waals surface area contributed by atoms with Crippen LogP contribution >= 0.6 is 0 Å². The number of amides is 1. The minimum atomic E-state index is -4.62. The number of nitrogens with zero attached hydrogens (tertiary/aromatic N) is 2. The Bertz CT molecular complexity index is 1000. The summed E-state index contributed by atoms with van der Waals surface area (Å²) in [5, 5.41) is 6.53. The average Bonchev–Trinajstić information content (AvgIpc) is 3.33. The van der Waals surface area contributed by atoms with Crippen molar-refractivity contribution >= 4 is 16.7 Å². The van der Waals surface area contributed by atoms with Gasteiger partial charge in [-0.15, -0.1) is 0 Å². The molecule has 0 unspecified atom stereocenters. The highest BCUT2D eigenvalue weighted by atomic mass is 19.4. The number of rotatable bonds is 4. The van der Waals surface area contributed by atoms with E-state index in [0.29, 0.717) is 5.92 Å². The van der Waals surface area contributed by atoms with Crippen molar-refractivity contribution in [3.63, 3.8) is 0 Å². The van der Waals surface area contributed by atoms with Gasteiger partial charge < -0.3 is 5.32 Å². The van der Waals surface area contributed by atoms with E-state index in [-0.39, 0.29) is 35.3 Å². The van der Waals surface area contributed by atoms with E-state index in [9.17, 15) is 27.2 Å². The molecular weight excluding hydrogens is 378 g/mol. The van der Waals surface area contributed by atoms with Crippen LogP contribution in [0.15, 0.2) is 23.0 Å². The van der Waals surface area contributed by atoms with E-state index in [2.05, 4.69) is 17.3 Å². The van der Waals surface area contributed by atoms with Gasteiger partial charge >= 0.3 is 6.18 Å². The molecule has 0 atom stereocenters. The van der Waals surface area contributed by atoms with Crippen LogP contribution in [0.2, 0.25) is 0 Å². The van der Waals surface area contributed by atoms with Crippen molar-refractivity contribution in [2.75, 3.05) is 0 Å². The molecule has 1 amide bonds. The first kappa shape index (κ1) is 18.9. The molecule has 9 heteroatoms. The van der Waals surface area contributed by atoms with Gasteiger partial charge in [-0.1, -0.05) is 6.92 Å². The van der Waals surface area contributed by atoms with E-state index in [1.165, 1.54) is 0 Å². The van der Waals surface area contributed by atoms with Crippen LogP contribution in [0.4, 0.5) is 17.6 Å². The van der Waals surface area contributed by atoms with Crippen molar-refractivity contribution in [1.82, 2.24) is 15.1 Å². The van der Waals surface area contributed by atoms with Crippen LogP contribution in [0.25, 0.3) is 10.8 Å². The van der Waals surface area contributed by atoms with Crippen molar-refractivity contribution in [2.24, 2.45) is 5.92 Å². The molecule has 150 valence electrons. The quantitative estimate of drug-likeness (QED) is 0.806. The van der Waals surface area contributed by atoms with Gasteiger partial charge in [-0.25, -0.2) is 9.07 Å². The summed E-state index contributed by atoms with van der Waals surface area (Å²) in [7, 11) is 0. The van der Waals surface area contributed by atoms with E-state index in [1.807, 2.05) is 0 Å². The van der Waals surface area contributed by atoms with Gasteiger partial charge in [0.1, 0.15) is 12.2 Å². The van der Waals surface area contributed by atoms with Gasteiger partial charge in [-0.2, -0.15) is 18.3 Å². The number of halogens is 4. The molecule has 1 aromatic heterocycles. The second kappa shape index (κ2) is 6.28. The lowest BCUT2D eigenvalue weighted by Crippen LogP contribution is -2.45. The highest BCUT2D eigenvalue weighted by Gasteiger charge is 2.48. The van der Waals surface area contributed by atoms with E-state index in [0.717, 1.165) is 35.7 Å². The smallest absolute Gasteiger partial charge is 0.352 e. The number of benzene rings is 1. The van der Waals surface area contributed by atoms with Gasteiger partial charge in [-0.05, 0) is 49.8 Å². The molecule has 2 aromatic rings. The largest absolute Gasteiger partial charge is 0.416 e. The minimum Gasteiger partial charge on any atom is -0.352 e. The summed E-state index contributed by atoms with van der Waals surface area (Å²) in [5.74, 6) is 0.106. The Morgan fingerprint density at radius 3 is 2.54 bits per heavy atom. The Labute approximate surface area is 157 Å². The third-order valence-electron chi connectivity index (χ3n) is 5.43. The number of hydrogen-bond acceptors (Lipinski definition) is 3. The molecule has 2 saturated carbocycles. The van der Waals surface area contributed by atoms with E-state index in [1.54, 1.807) is 0 Å². The average molecular weight is 397 g/mol. The summed E-state index contributed by atoms with van der Waals surface area (Å²) in [6.45, 7) is 1.67. The molecule has 5 nitrogen and oxygen atoms in total. The van der Waals surface area contributed by atoms with Crippen LogP contribution in [0.3, 0.4) is 0 Å². The van der Waals surface area contributed by atoms with Gasteiger partial charge in [-0.3, -0.25) is 9.59 Å². The van der Waals surface area contributed by atoms with Crippen LogP contribution in [0.1, 0.15) is 43.9 Å². The second-order valence-corrected chi connectivity index (χ2v) is 7.88. The molecule has 1 aromatic carbocycles. The van der Waals surface area contributed by atoms with Crippen molar-refractivity contribution in [2.45, 2.75) is 57.0 Å². The maximum absolute atomic E-state index is 14.8. The van der Waals surface area contributed by atoms with Crippen LogP contribution in [-0.2, 0) is 23.2 Å². The van der Waals surface area contributed by atoms with Crippen LogP contribution in [-0.4, -0.2) is 21.7 Å². The summed E-state index contributed by atoms with van der Waals surface area (Å²) in [4.78, 5) is 24.9. The van der Waals surface area contributed by atoms with Crippen molar-refractivity contribution in [1.29, 1.82) is 0 Å². The molecular formula is C19H19F4N3O2. The molecule has 0 spiro atoms. The normalized spacial score (nSPS) is 23.3. The highest BCUT2D eigenvalue weighted by Crippen LogP contribution is 2.50. The van der Waals surface area contributed by atoms with Crippen LogP contribution < -0.4 is 10.9 Å². The lowest BCUT2D eigenvalue weighted by molar-refractivity contribution is -0.137. The van der Waals surface area contributed by atoms with Gasteiger partial charge in [0.2, 0.25) is 5.91 Å². The number of carbonyl (C=O) groups is 1. The predicted octanol–water partition coefficient (Wildman–Crippen LogP) is 3.29. The van der Waals surface area contributed by atoms with Crippen LogP contribution in [0, 0.1) is 5.92 Å². The standard InChI is InChI=1S/C19H19F4N3O2/c1-10-6-12(7-10)24-15(27)9-26-17(28)13-3-2-11(19(21,22)23)8-14(13)16(25-26)18(20)4-5-18/h2-3,8,10,12H,4-7,9H2,1H3,(H,24,27). The summed E-state index contributed by atoms with van der Waals surface area (Å²) < 4.78 is 54.8. The molecule has 4 rings (SSSR count). The lowest BCUT2D eigenvalue weighted by Gasteiger charge is -2.33. The Kier molecular flexibility index (Phi) is 4.24. The Hall–Kier alpha value is -2.45. The summed E-state index contributed by atoms with van der Waals surface area (Å²) in [6, 6.07) is 2.62. The number of carbonyl (C=O) groups excluding carboxylic acids is 1. The van der Waals surface area contributed by atoms with E-state index < -0.39 is 35.4 Å². The molecule has 0 radical (unpaired) electrons. The first-order chi connectivity index (χ1) is 13.1. The van der Waals surface area contributed by atoms with Gasteiger partial charge in [0.15, 0.2) is 5.67 Å². The number of hydrogen-bond donors (Lipinski definition) is 1. The molecule has 1 heterocycles. The fourth-order valence-electron chi connectivity index (χ4n) is 3.68. The first-order valence-electron chi connectivity index (χ1n) is 9.18. The number of nitrogens with one attached hydrogen (secondary N) is 1. The molecule has 2 aliphatic rings. The molecule has 1 N–H and O–H groups in total. The zero-order valence-electron chi connectivity index (χ0n) is 15.1. The Morgan fingerprint density at radius 1 is 1.29 bits per heavy atom. The zero-order chi connectivity index (χ0) is 20.3.